The maximum absolute atomic E-state index is 10.3. The molecule has 0 unspecified atom stereocenters. The first-order chi connectivity index (χ1) is 9.12. The molecule has 1 saturated heterocycles. The van der Waals surface area contributed by atoms with Gasteiger partial charge in [0.2, 0.25) is 0 Å². The smallest absolute Gasteiger partial charge is 0.114 e. The van der Waals surface area contributed by atoms with Crippen LogP contribution in [0.15, 0.2) is 0 Å². The molecule has 2 nitrogen and oxygen atoms in total. The molecule has 0 aromatic carbocycles. The van der Waals surface area contributed by atoms with E-state index in [-0.39, 0.29) is 17.8 Å². The summed E-state index contributed by atoms with van der Waals surface area (Å²) >= 11 is 0. The van der Waals surface area contributed by atoms with Crippen LogP contribution in [0.2, 0.25) is 25.2 Å². The Hall–Kier alpha value is 0.137. The van der Waals surface area contributed by atoms with E-state index in [0.717, 1.165) is 30.2 Å². The van der Waals surface area contributed by atoms with Gasteiger partial charge in [0.25, 0.3) is 0 Å². The molecule has 3 heteroatoms. The van der Waals surface area contributed by atoms with E-state index in [9.17, 15) is 5.11 Å². The topological polar surface area (TPSA) is 32.8 Å². The van der Waals surface area contributed by atoms with Crippen molar-refractivity contribution in [3.63, 3.8) is 0 Å². The van der Waals surface area contributed by atoms with E-state index in [1.165, 1.54) is 12.8 Å². The molecule has 1 N–H and O–H groups in total. The van der Waals surface area contributed by atoms with Gasteiger partial charge in [-0.2, -0.15) is 0 Å². The molecule has 3 aliphatic rings. The number of ether oxygens (including phenoxy) is 1. The minimum Gasteiger partial charge on any atom is -0.390 e. The third-order valence-electron chi connectivity index (χ3n) is 6.88. The van der Waals surface area contributed by atoms with Gasteiger partial charge in [0, 0.05) is 8.07 Å². The molecular formula is C17H32O2Si. The minimum absolute atomic E-state index is 0.0167. The zero-order chi connectivity index (χ0) is 14.9. The lowest BCUT2D eigenvalue weighted by atomic mass is 9.55. The highest BCUT2D eigenvalue weighted by Crippen LogP contribution is 2.71. The summed E-state index contributed by atoms with van der Waals surface area (Å²) in [7, 11) is -1.23. The molecule has 0 bridgehead atoms. The van der Waals surface area contributed by atoms with Gasteiger partial charge < -0.3 is 9.84 Å². The Labute approximate surface area is 125 Å². The van der Waals surface area contributed by atoms with Crippen LogP contribution in [0.3, 0.4) is 0 Å². The van der Waals surface area contributed by atoms with Crippen LogP contribution in [0, 0.1) is 17.3 Å². The summed E-state index contributed by atoms with van der Waals surface area (Å²) in [4.78, 5) is 0. The molecule has 20 heavy (non-hydrogen) atoms. The largest absolute Gasteiger partial charge is 0.390 e. The SMILES string of the molecule is CC(C)[C@@H]1C[C@@H]([Si](C)(C)C)[C@]2(C)CC[C@H](O)[C@@H]3O[C@@]32C1. The van der Waals surface area contributed by atoms with Crippen LogP contribution in [0.25, 0.3) is 0 Å². The van der Waals surface area contributed by atoms with E-state index in [0.29, 0.717) is 5.41 Å². The molecule has 116 valence electrons. The highest BCUT2D eigenvalue weighted by Gasteiger charge is 2.75. The van der Waals surface area contributed by atoms with E-state index in [4.69, 9.17) is 4.74 Å². The van der Waals surface area contributed by atoms with Gasteiger partial charge >= 0.3 is 0 Å². The van der Waals surface area contributed by atoms with Gasteiger partial charge in [-0.15, -0.1) is 0 Å². The lowest BCUT2D eigenvalue weighted by Crippen LogP contribution is -2.57. The van der Waals surface area contributed by atoms with Gasteiger partial charge in [-0.25, -0.2) is 0 Å². The summed E-state index contributed by atoms with van der Waals surface area (Å²) in [6, 6.07) is 0. The van der Waals surface area contributed by atoms with Gasteiger partial charge in [-0.05, 0) is 48.5 Å². The van der Waals surface area contributed by atoms with Crippen molar-refractivity contribution in [1.29, 1.82) is 0 Å². The van der Waals surface area contributed by atoms with E-state index >= 15 is 0 Å². The Morgan fingerprint density at radius 3 is 2.45 bits per heavy atom. The van der Waals surface area contributed by atoms with Gasteiger partial charge in [0.05, 0.1) is 6.10 Å². The Balaban J connectivity index is 1.99. The molecule has 6 atom stereocenters. The maximum atomic E-state index is 10.3. The van der Waals surface area contributed by atoms with Crippen LogP contribution in [0.4, 0.5) is 0 Å². The van der Waals surface area contributed by atoms with E-state index in [2.05, 4.69) is 40.4 Å². The zero-order valence-corrected chi connectivity index (χ0v) is 15.1. The standard InChI is InChI=1S/C17H32O2Si/c1-11(2)12-9-14(20(4,5)6)16(3)8-7-13(18)15-17(16,10-12)19-15/h11-15,18H,7-10H2,1-6H3/t12-,13+,14-,15+,16+,17+/m1/s1. The number of aliphatic hydroxyl groups excluding tert-OH is 1. The second-order valence-corrected chi connectivity index (χ2v) is 14.7. The van der Waals surface area contributed by atoms with Crippen molar-refractivity contribution in [2.45, 2.75) is 89.4 Å². The Morgan fingerprint density at radius 1 is 1.25 bits per heavy atom. The van der Waals surface area contributed by atoms with Crippen molar-refractivity contribution < 1.29 is 9.84 Å². The molecule has 2 saturated carbocycles. The first-order valence-corrected chi connectivity index (χ1v) is 12.1. The minimum atomic E-state index is -1.23. The number of hydrogen-bond donors (Lipinski definition) is 1. The number of aliphatic hydroxyl groups is 1. The maximum Gasteiger partial charge on any atom is 0.114 e. The monoisotopic (exact) mass is 296 g/mol. The summed E-state index contributed by atoms with van der Waals surface area (Å²) in [5.74, 6) is 1.51. The van der Waals surface area contributed by atoms with Gasteiger partial charge in [-0.1, -0.05) is 40.4 Å². The third-order valence-corrected chi connectivity index (χ3v) is 9.84. The predicted octanol–water partition coefficient (Wildman–Crippen LogP) is 4.06. The van der Waals surface area contributed by atoms with Gasteiger partial charge in [0.1, 0.15) is 11.7 Å². The summed E-state index contributed by atoms with van der Waals surface area (Å²) in [5, 5.41) is 10.3. The molecule has 3 rings (SSSR count). The van der Waals surface area contributed by atoms with Crippen LogP contribution in [0.1, 0.15) is 46.5 Å². The summed E-state index contributed by atoms with van der Waals surface area (Å²) in [6.45, 7) is 14.8. The van der Waals surface area contributed by atoms with Crippen LogP contribution in [0.5, 0.6) is 0 Å². The first-order valence-electron chi connectivity index (χ1n) is 8.48. The average Bonchev–Trinajstić information content (AvgIpc) is 3.04. The number of hydrogen-bond acceptors (Lipinski definition) is 2. The second kappa shape index (κ2) is 4.33. The van der Waals surface area contributed by atoms with Crippen LogP contribution in [-0.4, -0.2) is 31.0 Å². The average molecular weight is 297 g/mol. The predicted molar refractivity (Wildman–Crippen MR) is 85.6 cm³/mol. The molecule has 0 aromatic heterocycles. The Morgan fingerprint density at radius 2 is 1.90 bits per heavy atom. The zero-order valence-electron chi connectivity index (χ0n) is 14.1. The fraction of sp³-hybridized carbons (Fsp3) is 1.00. The summed E-state index contributed by atoms with van der Waals surface area (Å²) in [5.41, 5.74) is 1.16. The van der Waals surface area contributed by atoms with Crippen molar-refractivity contribution in [2.24, 2.45) is 17.3 Å². The van der Waals surface area contributed by atoms with Crippen molar-refractivity contribution in [3.05, 3.63) is 0 Å². The molecule has 0 radical (unpaired) electrons. The number of rotatable bonds is 2. The Bertz CT molecular complexity index is 402. The first kappa shape index (κ1) is 15.0. The summed E-state index contributed by atoms with van der Waals surface area (Å²) in [6.07, 6.45) is 4.60. The Kier molecular flexibility index (Phi) is 3.26. The van der Waals surface area contributed by atoms with E-state index < -0.39 is 8.07 Å². The molecule has 1 aliphatic heterocycles. The molecule has 0 aromatic rings. The van der Waals surface area contributed by atoms with Gasteiger partial charge in [-0.3, -0.25) is 0 Å². The van der Waals surface area contributed by atoms with Crippen molar-refractivity contribution in [3.8, 4) is 0 Å². The van der Waals surface area contributed by atoms with Crippen LogP contribution >= 0.6 is 0 Å². The molecular weight excluding hydrogens is 264 g/mol. The van der Waals surface area contributed by atoms with E-state index in [1.54, 1.807) is 0 Å². The number of epoxide rings is 1. The van der Waals surface area contributed by atoms with Crippen molar-refractivity contribution in [2.75, 3.05) is 0 Å². The third kappa shape index (κ3) is 1.89. The molecule has 1 heterocycles. The van der Waals surface area contributed by atoms with E-state index in [1.807, 2.05) is 0 Å². The van der Waals surface area contributed by atoms with Crippen LogP contribution < -0.4 is 0 Å². The van der Waals surface area contributed by atoms with Crippen molar-refractivity contribution in [1.82, 2.24) is 0 Å². The fourth-order valence-electron chi connectivity index (χ4n) is 5.57. The molecule has 1 spiro atoms. The highest BCUT2D eigenvalue weighted by atomic mass is 28.3. The normalized spacial score (nSPS) is 51.6. The molecule has 3 fully saturated rings. The fourth-order valence-corrected chi connectivity index (χ4v) is 8.88. The van der Waals surface area contributed by atoms with Gasteiger partial charge in [0.15, 0.2) is 0 Å². The van der Waals surface area contributed by atoms with Crippen LogP contribution in [-0.2, 0) is 4.74 Å². The lowest BCUT2D eigenvalue weighted by Gasteiger charge is -2.56. The van der Waals surface area contributed by atoms with Crippen molar-refractivity contribution >= 4 is 8.07 Å². The highest BCUT2D eigenvalue weighted by molar-refractivity contribution is 6.77. The molecule has 2 aliphatic carbocycles. The second-order valence-electron chi connectivity index (χ2n) is 9.31. The lowest BCUT2D eigenvalue weighted by molar-refractivity contribution is -0.00141. The summed E-state index contributed by atoms with van der Waals surface area (Å²) < 4.78 is 6.26. The quantitative estimate of drug-likeness (QED) is 0.616. The molecule has 0 amide bonds.